The summed E-state index contributed by atoms with van der Waals surface area (Å²) >= 11 is 0. The van der Waals surface area contributed by atoms with Crippen LogP contribution in [0.4, 0.5) is 68.2 Å². The van der Waals surface area contributed by atoms with E-state index >= 15 is 0 Å². The minimum atomic E-state index is -1.45. The van der Waals surface area contributed by atoms with Crippen LogP contribution in [0.2, 0.25) is 39.3 Å². The maximum absolute atomic E-state index is 7.01. The van der Waals surface area contributed by atoms with Crippen molar-refractivity contribution < 1.29 is 8.83 Å². The Morgan fingerprint density at radius 1 is 0.204 bits per heavy atom. The van der Waals surface area contributed by atoms with Crippen molar-refractivity contribution in [2.45, 2.75) is 39.3 Å². The number of rotatable bonds is 15. The zero-order valence-electron chi connectivity index (χ0n) is 61.4. The highest BCUT2D eigenvalue weighted by Crippen LogP contribution is 2.49. The molecule has 0 saturated heterocycles. The highest BCUT2D eigenvalue weighted by molar-refractivity contribution is 6.89. The fourth-order valence-electron chi connectivity index (χ4n) is 15.8. The standard InChI is InChI=1S/C53H42N2OSi.C47H38N2OSi/c1-57(2,3)43-31-27-40(28-32-43)54(38-19-9-5-10-20-38)42-30-34-48-51(36-42)56-53-47-33-29-41(35-49(47)45-24-13-14-25-46(45)52(48)53)55(39-21-11-6-12-22-39)50-26-16-15-23-44(50)37-17-7-4-8-18-37;1-51(2,3)39-27-23-36(24-28-39)49(35-19-11-6-12-20-35)38-26-30-43-45(32-38)50-47-42-29-25-37(31-44(42)40-21-13-14-22-41(40)46(43)47)48(33-15-7-4-8-16-33)34-17-9-5-10-18-34/h4-36H,1-3H3;4-32H,1-3H3. The second kappa shape index (κ2) is 27.8. The lowest BCUT2D eigenvalue weighted by Crippen LogP contribution is -2.37. The summed E-state index contributed by atoms with van der Waals surface area (Å²) in [5.74, 6) is 0. The van der Waals surface area contributed by atoms with Crippen LogP contribution in [0.5, 0.6) is 0 Å². The van der Waals surface area contributed by atoms with Crippen molar-refractivity contribution in [3.63, 3.8) is 0 Å². The Bertz CT molecular complexity index is 6460. The van der Waals surface area contributed by atoms with Gasteiger partial charge in [0, 0.05) is 113 Å². The number of para-hydroxylation sites is 6. The maximum Gasteiger partial charge on any atom is 0.143 e. The summed E-state index contributed by atoms with van der Waals surface area (Å²) in [7, 11) is -2.88. The molecule has 108 heavy (non-hydrogen) atoms. The van der Waals surface area contributed by atoms with Gasteiger partial charge in [0.25, 0.3) is 0 Å². The predicted molar refractivity (Wildman–Crippen MR) is 468 cm³/mol. The average molecular weight is 1430 g/mol. The van der Waals surface area contributed by atoms with Crippen molar-refractivity contribution in [1.82, 2.24) is 0 Å². The van der Waals surface area contributed by atoms with E-state index in [0.29, 0.717) is 0 Å². The van der Waals surface area contributed by atoms with Crippen LogP contribution in [0.15, 0.2) is 385 Å². The lowest BCUT2D eigenvalue weighted by atomic mass is 9.96. The SMILES string of the molecule is C[Si](C)(C)c1ccc(N(c2ccccc2)c2ccc3c(c2)oc2c4ccc(N(c5ccccc5)c5ccccc5)cc4c4ccccc4c32)cc1.C[Si](C)(C)c1ccc(N(c2ccccc2)c2ccc3c(c2)oc2c4ccc(N(c5ccccc5)c5ccccc5-c5ccccc5)cc4c4ccccc4c32)cc1. The summed E-state index contributed by atoms with van der Waals surface area (Å²) in [4.78, 5) is 9.34. The molecule has 0 aliphatic rings. The summed E-state index contributed by atoms with van der Waals surface area (Å²) in [5, 5.41) is 16.7. The van der Waals surface area contributed by atoms with Crippen LogP contribution < -0.4 is 30.0 Å². The van der Waals surface area contributed by atoms with Crippen molar-refractivity contribution in [3.05, 3.63) is 376 Å². The van der Waals surface area contributed by atoms with Crippen LogP contribution in [0.1, 0.15) is 0 Å². The van der Waals surface area contributed by atoms with E-state index in [-0.39, 0.29) is 0 Å². The molecular formula is C100H80N4O2Si2. The van der Waals surface area contributed by atoms with Gasteiger partial charge in [-0.15, -0.1) is 0 Å². The van der Waals surface area contributed by atoms with Crippen molar-refractivity contribution in [2.24, 2.45) is 0 Å². The van der Waals surface area contributed by atoms with E-state index in [4.69, 9.17) is 8.83 Å². The van der Waals surface area contributed by atoms with E-state index < -0.39 is 16.1 Å². The summed E-state index contributed by atoms with van der Waals surface area (Å²) < 4.78 is 13.9. The largest absolute Gasteiger partial charge is 0.455 e. The van der Waals surface area contributed by atoms with Crippen molar-refractivity contribution in [1.29, 1.82) is 0 Å². The highest BCUT2D eigenvalue weighted by Gasteiger charge is 2.26. The monoisotopic (exact) mass is 1420 g/mol. The second-order valence-electron chi connectivity index (χ2n) is 30.0. The van der Waals surface area contributed by atoms with Crippen LogP contribution in [0.25, 0.3) is 98.1 Å². The van der Waals surface area contributed by atoms with Crippen molar-refractivity contribution >= 4 is 182 Å². The third kappa shape index (κ3) is 12.4. The van der Waals surface area contributed by atoms with Gasteiger partial charge >= 0.3 is 0 Å². The van der Waals surface area contributed by atoms with Crippen LogP contribution in [0, 0.1) is 0 Å². The van der Waals surface area contributed by atoms with Crippen LogP contribution >= 0.6 is 0 Å². The number of anilines is 12. The van der Waals surface area contributed by atoms with E-state index in [2.05, 4.69) is 435 Å². The number of hydrogen-bond acceptors (Lipinski definition) is 6. The van der Waals surface area contributed by atoms with Gasteiger partial charge in [-0.25, -0.2) is 0 Å². The van der Waals surface area contributed by atoms with Gasteiger partial charge in [-0.3, -0.25) is 0 Å². The fourth-order valence-corrected chi connectivity index (χ4v) is 18.2. The third-order valence-corrected chi connectivity index (χ3v) is 25.3. The van der Waals surface area contributed by atoms with Gasteiger partial charge in [-0.2, -0.15) is 0 Å². The molecule has 0 amide bonds. The Balaban J connectivity index is 0.000000153. The van der Waals surface area contributed by atoms with Gasteiger partial charge in [0.15, 0.2) is 0 Å². The summed E-state index contributed by atoms with van der Waals surface area (Å²) in [6.45, 7) is 14.4. The van der Waals surface area contributed by atoms with Crippen molar-refractivity contribution in [2.75, 3.05) is 19.6 Å². The van der Waals surface area contributed by atoms with E-state index in [9.17, 15) is 0 Å². The Morgan fingerprint density at radius 2 is 0.481 bits per heavy atom. The predicted octanol–water partition coefficient (Wildman–Crippen LogP) is 28.4. The fraction of sp³-hybridized carbons (Fsp3) is 0.0600. The Kier molecular flexibility index (Phi) is 17.2. The molecule has 0 N–H and O–H groups in total. The van der Waals surface area contributed by atoms with Gasteiger partial charge < -0.3 is 28.4 Å². The molecule has 0 spiro atoms. The minimum Gasteiger partial charge on any atom is -0.455 e. The molecule has 0 fully saturated rings. The minimum absolute atomic E-state index is 0.867. The van der Waals surface area contributed by atoms with Gasteiger partial charge in [-0.1, -0.05) is 262 Å². The Morgan fingerprint density at radius 3 is 0.852 bits per heavy atom. The quantitative estimate of drug-likeness (QED) is 0.0752. The highest BCUT2D eigenvalue weighted by atomic mass is 28.3. The Hall–Kier alpha value is -13.0. The lowest BCUT2D eigenvalue weighted by Gasteiger charge is -2.28. The van der Waals surface area contributed by atoms with E-state index in [1.54, 1.807) is 0 Å². The zero-order chi connectivity index (χ0) is 73.0. The molecule has 0 saturated carbocycles. The molecule has 2 heterocycles. The molecule has 0 aliphatic carbocycles. The molecule has 17 aromatic carbocycles. The van der Waals surface area contributed by atoms with Gasteiger partial charge in [0.05, 0.1) is 21.8 Å². The molecule has 19 rings (SSSR count). The molecule has 0 bridgehead atoms. The number of furan rings is 2. The smallest absolute Gasteiger partial charge is 0.143 e. The summed E-state index contributed by atoms with van der Waals surface area (Å²) in [6, 6.07) is 135. The molecule has 0 aliphatic heterocycles. The first-order valence-electron chi connectivity index (χ1n) is 37.3. The molecule has 6 nitrogen and oxygen atoms in total. The van der Waals surface area contributed by atoms with Crippen molar-refractivity contribution in [3.8, 4) is 11.1 Å². The second-order valence-corrected chi connectivity index (χ2v) is 40.2. The molecule has 0 atom stereocenters. The van der Waals surface area contributed by atoms with Crippen LogP contribution in [0.3, 0.4) is 0 Å². The summed E-state index contributed by atoms with van der Waals surface area (Å²) in [5.41, 5.74) is 19.1. The topological polar surface area (TPSA) is 39.2 Å². The number of benzene rings is 17. The van der Waals surface area contributed by atoms with E-state index in [0.717, 1.165) is 128 Å². The van der Waals surface area contributed by atoms with Crippen LogP contribution in [-0.4, -0.2) is 16.1 Å². The normalized spacial score (nSPS) is 11.8. The number of hydrogen-bond donors (Lipinski definition) is 0. The molecule has 0 radical (unpaired) electrons. The lowest BCUT2D eigenvalue weighted by molar-refractivity contribution is 0.672. The first kappa shape index (κ1) is 66.9. The number of fused-ring (bicyclic) bond motifs is 16. The molecule has 19 aromatic rings. The first-order valence-corrected chi connectivity index (χ1v) is 44.3. The average Bonchev–Trinajstić information content (AvgIpc) is 1.66. The zero-order valence-corrected chi connectivity index (χ0v) is 63.4. The van der Waals surface area contributed by atoms with E-state index in [1.165, 1.54) is 48.4 Å². The summed E-state index contributed by atoms with van der Waals surface area (Å²) in [6.07, 6.45) is 0. The Labute approximate surface area is 632 Å². The molecule has 8 heteroatoms. The number of nitrogens with zero attached hydrogens (tertiary/aromatic N) is 4. The molecular weight excluding hydrogens is 1350 g/mol. The molecule has 0 unspecified atom stereocenters. The van der Waals surface area contributed by atoms with E-state index in [1.807, 2.05) is 0 Å². The van der Waals surface area contributed by atoms with Gasteiger partial charge in [-0.05, 0) is 190 Å². The third-order valence-electron chi connectivity index (χ3n) is 21.1. The van der Waals surface area contributed by atoms with Crippen LogP contribution in [-0.2, 0) is 0 Å². The maximum atomic E-state index is 7.01. The van der Waals surface area contributed by atoms with Gasteiger partial charge in [0.1, 0.15) is 22.3 Å². The first-order chi connectivity index (χ1) is 52.9. The molecule has 2 aromatic heterocycles. The molecule has 520 valence electrons. The van der Waals surface area contributed by atoms with Gasteiger partial charge in [0.2, 0.25) is 0 Å².